The van der Waals surface area contributed by atoms with Crippen LogP contribution >= 0.6 is 0 Å². The molecule has 0 fully saturated rings. The van der Waals surface area contributed by atoms with Gasteiger partial charge in [-0.1, -0.05) is 140 Å². The number of allylic oxidation sites excluding steroid dienone is 8. The van der Waals surface area contributed by atoms with Gasteiger partial charge in [-0.15, -0.1) is 0 Å². The van der Waals surface area contributed by atoms with Crippen LogP contribution in [0.3, 0.4) is 0 Å². The lowest BCUT2D eigenvalue weighted by molar-refractivity contribution is 0.853. The molecule has 10 aromatic rings. The molecule has 12 rings (SSSR count). The zero-order valence-electron chi connectivity index (χ0n) is 35.0. The van der Waals surface area contributed by atoms with Crippen LogP contribution in [0.2, 0.25) is 0 Å². The van der Waals surface area contributed by atoms with E-state index in [4.69, 9.17) is 0 Å². The van der Waals surface area contributed by atoms with Crippen molar-refractivity contribution in [3.05, 3.63) is 242 Å². The molecule has 2 aliphatic rings. The first kappa shape index (κ1) is 36.9. The first-order chi connectivity index (χ1) is 31.3. The largest absolute Gasteiger partial charge is 0.314 e. The van der Waals surface area contributed by atoms with Gasteiger partial charge >= 0.3 is 0 Å². The highest BCUT2D eigenvalue weighted by atomic mass is 15.1. The Morgan fingerprint density at radius 1 is 0.429 bits per heavy atom. The van der Waals surface area contributed by atoms with Crippen molar-refractivity contribution in [2.75, 3.05) is 4.90 Å². The van der Waals surface area contributed by atoms with Crippen LogP contribution in [0.5, 0.6) is 0 Å². The zero-order valence-corrected chi connectivity index (χ0v) is 35.0. The quantitative estimate of drug-likeness (QED) is 0.149. The molecule has 2 aliphatic carbocycles. The molecule has 0 N–H and O–H groups in total. The lowest BCUT2D eigenvalue weighted by atomic mass is 9.85. The fourth-order valence-electron chi connectivity index (χ4n) is 10.1. The minimum absolute atomic E-state index is 0.263. The minimum atomic E-state index is 0.263. The standard InChI is InChI=1S/C60H45N3/c1-5-17-43(18-6-1)54-41-50(35-36-51(54)45-32-38-60-56(40-45)53-26-14-16-28-58(53)63(60)48-23-11-4-12-24-48)61(46-19-7-2-8-20-46)49-33-29-42(30-34-49)44-31-37-59-55(39-44)52-25-13-15-27-57(52)62(59)47-21-9-3-10-22-47/h1-7,9-17,19,21-41,43H,8,18,20H2. The summed E-state index contributed by atoms with van der Waals surface area (Å²) in [4.78, 5) is 2.48. The van der Waals surface area contributed by atoms with E-state index in [0.29, 0.717) is 0 Å². The van der Waals surface area contributed by atoms with E-state index in [-0.39, 0.29) is 5.92 Å². The van der Waals surface area contributed by atoms with Crippen LogP contribution in [-0.2, 0) is 0 Å². The summed E-state index contributed by atoms with van der Waals surface area (Å²) >= 11 is 0. The molecule has 0 radical (unpaired) electrons. The van der Waals surface area contributed by atoms with Crippen LogP contribution in [0, 0.1) is 0 Å². The van der Waals surface area contributed by atoms with Gasteiger partial charge < -0.3 is 14.0 Å². The number of hydrogen-bond donors (Lipinski definition) is 0. The van der Waals surface area contributed by atoms with Gasteiger partial charge in [-0.3, -0.25) is 0 Å². The topological polar surface area (TPSA) is 13.1 Å². The van der Waals surface area contributed by atoms with Crippen LogP contribution in [0.25, 0.3) is 77.2 Å². The van der Waals surface area contributed by atoms with Gasteiger partial charge in [-0.2, -0.15) is 0 Å². The third kappa shape index (κ3) is 6.44. The van der Waals surface area contributed by atoms with Gasteiger partial charge in [0.25, 0.3) is 0 Å². The molecule has 0 bridgehead atoms. The van der Waals surface area contributed by atoms with E-state index in [0.717, 1.165) is 24.9 Å². The highest BCUT2D eigenvalue weighted by Crippen LogP contribution is 2.43. The van der Waals surface area contributed by atoms with E-state index in [1.807, 2.05) is 0 Å². The summed E-state index contributed by atoms with van der Waals surface area (Å²) in [5, 5.41) is 5.06. The maximum atomic E-state index is 2.48. The Balaban J connectivity index is 0.954. The summed E-state index contributed by atoms with van der Waals surface area (Å²) in [6.07, 6.45) is 18.8. The second-order valence-corrected chi connectivity index (χ2v) is 16.8. The number of rotatable bonds is 8. The highest BCUT2D eigenvalue weighted by molar-refractivity contribution is 6.11. The molecule has 1 atom stereocenters. The van der Waals surface area contributed by atoms with E-state index < -0.39 is 0 Å². The maximum absolute atomic E-state index is 2.48. The van der Waals surface area contributed by atoms with Crippen molar-refractivity contribution in [3.8, 4) is 33.6 Å². The van der Waals surface area contributed by atoms with Gasteiger partial charge in [0.1, 0.15) is 0 Å². The molecule has 2 heterocycles. The van der Waals surface area contributed by atoms with Crippen molar-refractivity contribution in [1.82, 2.24) is 9.13 Å². The smallest absolute Gasteiger partial charge is 0.0541 e. The Morgan fingerprint density at radius 2 is 1.00 bits per heavy atom. The lowest BCUT2D eigenvalue weighted by Crippen LogP contribution is -2.18. The summed E-state index contributed by atoms with van der Waals surface area (Å²) in [6, 6.07) is 69.3. The van der Waals surface area contributed by atoms with E-state index in [1.54, 1.807) is 0 Å². The van der Waals surface area contributed by atoms with Gasteiger partial charge in [-0.25, -0.2) is 0 Å². The highest BCUT2D eigenvalue weighted by Gasteiger charge is 2.22. The van der Waals surface area contributed by atoms with Crippen LogP contribution in [0.15, 0.2) is 236 Å². The van der Waals surface area contributed by atoms with Crippen molar-refractivity contribution in [1.29, 1.82) is 0 Å². The van der Waals surface area contributed by atoms with E-state index in [1.165, 1.54) is 94.2 Å². The number of fused-ring (bicyclic) bond motifs is 6. The van der Waals surface area contributed by atoms with E-state index >= 15 is 0 Å². The number of anilines is 2. The van der Waals surface area contributed by atoms with Crippen molar-refractivity contribution < 1.29 is 0 Å². The molecule has 1 unspecified atom stereocenters. The molecule has 3 nitrogen and oxygen atoms in total. The van der Waals surface area contributed by atoms with Crippen LogP contribution in [-0.4, -0.2) is 9.13 Å². The van der Waals surface area contributed by atoms with E-state index in [2.05, 4.69) is 245 Å². The molecule has 3 heteroatoms. The number of para-hydroxylation sites is 4. The Hall–Kier alpha value is -7.88. The molecule has 2 aromatic heterocycles. The normalized spacial score (nSPS) is 14.9. The van der Waals surface area contributed by atoms with Gasteiger partial charge in [0.15, 0.2) is 0 Å². The summed E-state index contributed by atoms with van der Waals surface area (Å²) < 4.78 is 4.77. The Morgan fingerprint density at radius 3 is 1.62 bits per heavy atom. The molecule has 63 heavy (non-hydrogen) atoms. The minimum Gasteiger partial charge on any atom is -0.314 e. The fraction of sp³-hybridized carbons (Fsp3) is 0.0667. The van der Waals surface area contributed by atoms with E-state index in [9.17, 15) is 0 Å². The Bertz CT molecular complexity index is 3470. The molecular weight excluding hydrogens is 763 g/mol. The molecule has 8 aromatic carbocycles. The summed E-state index contributed by atoms with van der Waals surface area (Å²) in [6.45, 7) is 0. The SMILES string of the molecule is C1=CCCC(N(c2ccc(-c3ccc4c(c3)c3ccccc3n4-c3ccccc3)cc2)c2ccc(-c3ccc4c(c3)c3ccccc3n4-c3ccccc3)c(C3C=CC=CC3)c2)=C1. The molecular formula is C60H45N3. The first-order valence-corrected chi connectivity index (χ1v) is 22.2. The zero-order chi connectivity index (χ0) is 41.7. The second kappa shape index (κ2) is 15.5. The van der Waals surface area contributed by atoms with Crippen molar-refractivity contribution in [2.24, 2.45) is 0 Å². The van der Waals surface area contributed by atoms with Crippen molar-refractivity contribution in [3.63, 3.8) is 0 Å². The van der Waals surface area contributed by atoms with Gasteiger partial charge in [-0.05, 0) is 138 Å². The molecule has 300 valence electrons. The monoisotopic (exact) mass is 807 g/mol. The fourth-order valence-corrected chi connectivity index (χ4v) is 10.1. The summed E-state index contributed by atoms with van der Waals surface area (Å²) in [7, 11) is 0. The van der Waals surface area contributed by atoms with Gasteiger partial charge in [0.05, 0.1) is 22.1 Å². The van der Waals surface area contributed by atoms with Crippen molar-refractivity contribution in [2.45, 2.75) is 25.2 Å². The number of aromatic nitrogens is 2. The Labute approximate surface area is 368 Å². The van der Waals surface area contributed by atoms with Crippen LogP contribution in [0.4, 0.5) is 11.4 Å². The van der Waals surface area contributed by atoms with Crippen LogP contribution < -0.4 is 4.90 Å². The predicted octanol–water partition coefficient (Wildman–Crippen LogP) is 16.2. The molecule has 0 aliphatic heterocycles. The third-order valence-corrected chi connectivity index (χ3v) is 13.1. The molecule has 0 saturated carbocycles. The van der Waals surface area contributed by atoms with Crippen LogP contribution in [0.1, 0.15) is 30.7 Å². The average Bonchev–Trinajstić information content (AvgIpc) is 3.88. The molecule has 0 saturated heterocycles. The predicted molar refractivity (Wildman–Crippen MR) is 267 cm³/mol. The molecule has 0 amide bonds. The lowest BCUT2D eigenvalue weighted by Gasteiger charge is -2.30. The Kier molecular flexibility index (Phi) is 9.11. The number of hydrogen-bond acceptors (Lipinski definition) is 1. The van der Waals surface area contributed by atoms with Gasteiger partial charge in [0, 0.05) is 55.9 Å². The maximum Gasteiger partial charge on any atom is 0.0541 e. The summed E-state index contributed by atoms with van der Waals surface area (Å²) in [5.74, 6) is 0.263. The third-order valence-electron chi connectivity index (χ3n) is 13.1. The number of benzene rings is 8. The first-order valence-electron chi connectivity index (χ1n) is 22.2. The second-order valence-electron chi connectivity index (χ2n) is 16.8. The van der Waals surface area contributed by atoms with Gasteiger partial charge in [0.2, 0.25) is 0 Å². The summed E-state index contributed by atoms with van der Waals surface area (Å²) in [5.41, 5.74) is 17.1. The number of nitrogens with zero attached hydrogens (tertiary/aromatic N) is 3. The van der Waals surface area contributed by atoms with Crippen molar-refractivity contribution >= 4 is 55.0 Å². The molecule has 0 spiro atoms. The average molecular weight is 808 g/mol.